The molecular formula is C16H26N2O3. The lowest BCUT2D eigenvalue weighted by Crippen LogP contribution is -2.41. The van der Waals surface area contributed by atoms with Crippen LogP contribution in [0.4, 0.5) is 0 Å². The summed E-state index contributed by atoms with van der Waals surface area (Å²) in [6, 6.07) is 0. The topological polar surface area (TPSA) is 55.6 Å². The van der Waals surface area contributed by atoms with E-state index in [-0.39, 0.29) is 11.8 Å². The second-order valence-corrected chi connectivity index (χ2v) is 6.08. The number of hydrogen-bond acceptors (Lipinski definition) is 4. The number of amides is 1. The van der Waals surface area contributed by atoms with Crippen LogP contribution in [0.5, 0.6) is 0 Å². The minimum atomic E-state index is 0.0543. The Morgan fingerprint density at radius 1 is 1.52 bits per heavy atom. The summed E-state index contributed by atoms with van der Waals surface area (Å²) >= 11 is 0. The van der Waals surface area contributed by atoms with Gasteiger partial charge >= 0.3 is 0 Å². The average Bonchev–Trinajstić information content (AvgIpc) is 2.86. The molecule has 2 rings (SSSR count). The van der Waals surface area contributed by atoms with Crippen molar-refractivity contribution < 1.29 is 14.1 Å². The predicted octanol–water partition coefficient (Wildman–Crippen LogP) is 3.00. The van der Waals surface area contributed by atoms with Crippen LogP contribution in [0, 0.1) is 12.8 Å². The molecular weight excluding hydrogens is 268 g/mol. The Morgan fingerprint density at radius 3 is 2.95 bits per heavy atom. The van der Waals surface area contributed by atoms with Crippen LogP contribution in [0.15, 0.2) is 4.52 Å². The maximum absolute atomic E-state index is 12.8. The molecule has 0 spiro atoms. The van der Waals surface area contributed by atoms with Crippen LogP contribution in [-0.2, 0) is 4.74 Å². The fraction of sp³-hybridized carbons (Fsp3) is 0.750. The predicted molar refractivity (Wildman–Crippen MR) is 80.4 cm³/mol. The lowest BCUT2D eigenvalue weighted by Gasteiger charge is -2.32. The molecule has 1 fully saturated rings. The molecule has 1 aromatic heterocycles. The Balaban J connectivity index is 2.11. The van der Waals surface area contributed by atoms with Gasteiger partial charge in [0, 0.05) is 25.6 Å². The molecule has 5 nitrogen and oxygen atoms in total. The molecule has 1 unspecified atom stereocenters. The number of ether oxygens (including phenoxy) is 1. The van der Waals surface area contributed by atoms with E-state index in [9.17, 15) is 4.79 Å². The SMILES string of the molecule is CCOCC1CCCN(C(=O)c2c(C)noc2C(C)C)C1. The number of carbonyl (C=O) groups is 1. The molecule has 0 aliphatic carbocycles. The number of likely N-dealkylation sites (tertiary alicyclic amines) is 1. The highest BCUT2D eigenvalue weighted by atomic mass is 16.5. The highest BCUT2D eigenvalue weighted by molar-refractivity contribution is 5.96. The van der Waals surface area contributed by atoms with E-state index in [1.807, 2.05) is 32.6 Å². The van der Waals surface area contributed by atoms with E-state index in [4.69, 9.17) is 9.26 Å². The van der Waals surface area contributed by atoms with Gasteiger partial charge in [0.05, 0.1) is 12.3 Å². The van der Waals surface area contributed by atoms with E-state index < -0.39 is 0 Å². The maximum Gasteiger partial charge on any atom is 0.259 e. The van der Waals surface area contributed by atoms with Gasteiger partial charge in [0.1, 0.15) is 5.56 Å². The van der Waals surface area contributed by atoms with Crippen molar-refractivity contribution >= 4 is 5.91 Å². The number of aryl methyl sites for hydroxylation is 1. The van der Waals surface area contributed by atoms with Crippen LogP contribution in [0.2, 0.25) is 0 Å². The summed E-state index contributed by atoms with van der Waals surface area (Å²) in [6.45, 7) is 10.9. The fourth-order valence-corrected chi connectivity index (χ4v) is 2.87. The molecule has 1 amide bonds. The van der Waals surface area contributed by atoms with Gasteiger partial charge in [-0.15, -0.1) is 0 Å². The summed E-state index contributed by atoms with van der Waals surface area (Å²) in [5.74, 6) is 1.35. The van der Waals surface area contributed by atoms with Crippen LogP contribution < -0.4 is 0 Å². The van der Waals surface area contributed by atoms with E-state index in [1.165, 1.54) is 0 Å². The number of nitrogens with zero attached hydrogens (tertiary/aromatic N) is 2. The maximum atomic E-state index is 12.8. The van der Waals surface area contributed by atoms with E-state index in [0.29, 0.717) is 22.9 Å². The highest BCUT2D eigenvalue weighted by Gasteiger charge is 2.30. The minimum Gasteiger partial charge on any atom is -0.381 e. The normalized spacial score (nSPS) is 19.3. The zero-order valence-electron chi connectivity index (χ0n) is 13.5. The molecule has 1 atom stereocenters. The second-order valence-electron chi connectivity index (χ2n) is 6.08. The third-order valence-corrected chi connectivity index (χ3v) is 3.99. The average molecular weight is 294 g/mol. The van der Waals surface area contributed by atoms with E-state index in [1.54, 1.807) is 0 Å². The Morgan fingerprint density at radius 2 is 2.29 bits per heavy atom. The molecule has 1 aliphatic rings. The molecule has 2 heterocycles. The Hall–Kier alpha value is -1.36. The first-order valence-corrected chi connectivity index (χ1v) is 7.87. The van der Waals surface area contributed by atoms with E-state index in [2.05, 4.69) is 5.16 Å². The zero-order chi connectivity index (χ0) is 15.4. The summed E-state index contributed by atoms with van der Waals surface area (Å²) < 4.78 is 10.8. The lowest BCUT2D eigenvalue weighted by atomic mass is 9.97. The van der Waals surface area contributed by atoms with Crippen molar-refractivity contribution in [2.75, 3.05) is 26.3 Å². The number of rotatable bonds is 5. The Bertz CT molecular complexity index is 482. The van der Waals surface area contributed by atoms with Gasteiger partial charge in [-0.1, -0.05) is 19.0 Å². The van der Waals surface area contributed by atoms with Crippen molar-refractivity contribution in [1.82, 2.24) is 10.1 Å². The summed E-state index contributed by atoms with van der Waals surface area (Å²) in [7, 11) is 0. The monoisotopic (exact) mass is 294 g/mol. The van der Waals surface area contributed by atoms with Gasteiger partial charge in [0.2, 0.25) is 0 Å². The lowest BCUT2D eigenvalue weighted by molar-refractivity contribution is 0.0498. The molecule has 5 heteroatoms. The number of carbonyl (C=O) groups excluding carboxylic acids is 1. The first kappa shape index (κ1) is 16.0. The van der Waals surface area contributed by atoms with Gasteiger partial charge in [0.15, 0.2) is 5.76 Å². The standard InChI is InChI=1S/C16H26N2O3/c1-5-20-10-13-7-6-8-18(9-13)16(19)14-12(4)17-21-15(14)11(2)3/h11,13H,5-10H2,1-4H3. The van der Waals surface area contributed by atoms with Gasteiger partial charge < -0.3 is 14.2 Å². The van der Waals surface area contributed by atoms with E-state index >= 15 is 0 Å². The van der Waals surface area contributed by atoms with Gasteiger partial charge in [-0.05, 0) is 32.6 Å². The molecule has 0 bridgehead atoms. The smallest absolute Gasteiger partial charge is 0.259 e. The van der Waals surface area contributed by atoms with Crippen LogP contribution >= 0.6 is 0 Å². The Kier molecular flexibility index (Phi) is 5.39. The van der Waals surface area contributed by atoms with E-state index in [0.717, 1.165) is 39.1 Å². The number of hydrogen-bond donors (Lipinski definition) is 0. The quantitative estimate of drug-likeness (QED) is 0.837. The summed E-state index contributed by atoms with van der Waals surface area (Å²) in [5, 5.41) is 3.98. The molecule has 21 heavy (non-hydrogen) atoms. The second kappa shape index (κ2) is 7.07. The van der Waals surface area contributed by atoms with Crippen LogP contribution in [0.1, 0.15) is 61.3 Å². The van der Waals surface area contributed by atoms with Gasteiger partial charge in [-0.2, -0.15) is 0 Å². The van der Waals surface area contributed by atoms with Crippen molar-refractivity contribution in [3.8, 4) is 0 Å². The highest BCUT2D eigenvalue weighted by Crippen LogP contribution is 2.26. The van der Waals surface area contributed by atoms with Crippen LogP contribution in [0.3, 0.4) is 0 Å². The molecule has 1 aromatic rings. The molecule has 118 valence electrons. The van der Waals surface area contributed by atoms with Gasteiger partial charge in [0.25, 0.3) is 5.91 Å². The Labute approximate surface area is 126 Å². The van der Waals surface area contributed by atoms with Crippen LogP contribution in [-0.4, -0.2) is 42.3 Å². The summed E-state index contributed by atoms with van der Waals surface area (Å²) in [6.07, 6.45) is 2.16. The molecule has 0 aromatic carbocycles. The van der Waals surface area contributed by atoms with Gasteiger partial charge in [-0.25, -0.2) is 0 Å². The van der Waals surface area contributed by atoms with Crippen molar-refractivity contribution in [3.63, 3.8) is 0 Å². The van der Waals surface area contributed by atoms with Gasteiger partial charge in [-0.3, -0.25) is 4.79 Å². The fourth-order valence-electron chi connectivity index (χ4n) is 2.87. The van der Waals surface area contributed by atoms with Crippen molar-refractivity contribution in [2.45, 2.75) is 46.5 Å². The first-order chi connectivity index (χ1) is 10.0. The van der Waals surface area contributed by atoms with Crippen molar-refractivity contribution in [2.24, 2.45) is 5.92 Å². The zero-order valence-corrected chi connectivity index (χ0v) is 13.5. The minimum absolute atomic E-state index is 0.0543. The summed E-state index contributed by atoms with van der Waals surface area (Å²) in [4.78, 5) is 14.7. The first-order valence-electron chi connectivity index (χ1n) is 7.87. The third-order valence-electron chi connectivity index (χ3n) is 3.99. The third kappa shape index (κ3) is 3.64. The largest absolute Gasteiger partial charge is 0.381 e. The molecule has 0 N–H and O–H groups in total. The van der Waals surface area contributed by atoms with Crippen molar-refractivity contribution in [1.29, 1.82) is 0 Å². The van der Waals surface area contributed by atoms with Crippen LogP contribution in [0.25, 0.3) is 0 Å². The summed E-state index contributed by atoms with van der Waals surface area (Å²) in [5.41, 5.74) is 1.35. The molecule has 1 aliphatic heterocycles. The molecule has 0 radical (unpaired) electrons. The number of piperidine rings is 1. The van der Waals surface area contributed by atoms with Crippen molar-refractivity contribution in [3.05, 3.63) is 17.0 Å². The number of aromatic nitrogens is 1. The molecule has 0 saturated carbocycles. The molecule has 1 saturated heterocycles.